The van der Waals surface area contributed by atoms with Crippen LogP contribution >= 0.6 is 11.6 Å². The second-order valence-electron chi connectivity index (χ2n) is 5.01. The number of nitrogens with one attached hydrogen (secondary N) is 1. The Balaban J connectivity index is 2.29. The van der Waals surface area contributed by atoms with Gasteiger partial charge in [0.15, 0.2) is 0 Å². The average molecular weight is 310 g/mol. The van der Waals surface area contributed by atoms with Crippen LogP contribution in [0.1, 0.15) is 36.8 Å². The lowest BCUT2D eigenvalue weighted by atomic mass is 10.0. The van der Waals surface area contributed by atoms with Gasteiger partial charge in [0, 0.05) is 11.6 Å². The molecule has 5 heteroatoms. The third kappa shape index (κ3) is 3.63. The summed E-state index contributed by atoms with van der Waals surface area (Å²) in [5, 5.41) is 8.24. The first-order valence-electron chi connectivity index (χ1n) is 7.26. The van der Waals surface area contributed by atoms with Crippen molar-refractivity contribution < 1.29 is 4.39 Å². The highest BCUT2D eigenvalue weighted by Crippen LogP contribution is 2.23. The first-order valence-corrected chi connectivity index (χ1v) is 7.64. The molecule has 21 heavy (non-hydrogen) atoms. The summed E-state index contributed by atoms with van der Waals surface area (Å²) in [5.74, 6) is -0.263. The van der Waals surface area contributed by atoms with Gasteiger partial charge < -0.3 is 5.32 Å². The zero-order valence-corrected chi connectivity index (χ0v) is 13.4. The maximum absolute atomic E-state index is 14.0. The van der Waals surface area contributed by atoms with Gasteiger partial charge in [-0.1, -0.05) is 24.6 Å². The maximum Gasteiger partial charge on any atom is 0.127 e. The van der Waals surface area contributed by atoms with Crippen molar-refractivity contribution in [3.8, 4) is 0 Å². The number of nitrogens with zero attached hydrogens (tertiary/aromatic N) is 2. The van der Waals surface area contributed by atoms with E-state index in [1.807, 2.05) is 11.7 Å². The van der Waals surface area contributed by atoms with Crippen molar-refractivity contribution in [3.05, 3.63) is 52.1 Å². The van der Waals surface area contributed by atoms with E-state index >= 15 is 0 Å². The molecule has 1 unspecified atom stereocenters. The van der Waals surface area contributed by atoms with E-state index in [1.54, 1.807) is 12.1 Å². The first kappa shape index (κ1) is 16.0. The Labute approximate surface area is 130 Å². The summed E-state index contributed by atoms with van der Waals surface area (Å²) in [4.78, 5) is 0. The predicted octanol–water partition coefficient (Wildman–Crippen LogP) is 3.76. The van der Waals surface area contributed by atoms with Crippen LogP contribution in [0, 0.1) is 5.82 Å². The standard InChI is InChI=1S/C16H21ClFN3/c1-4-13-10-16(21(5-2)20-13)15(19-3)8-11-6-7-12(17)9-14(11)18/h6-7,9-10,15,19H,4-5,8H2,1-3H3. The summed E-state index contributed by atoms with van der Waals surface area (Å²) < 4.78 is 16.0. The summed E-state index contributed by atoms with van der Waals surface area (Å²) in [6.07, 6.45) is 1.46. The molecule has 0 radical (unpaired) electrons. The molecule has 1 aromatic carbocycles. The largest absolute Gasteiger partial charge is 0.311 e. The van der Waals surface area contributed by atoms with Crippen molar-refractivity contribution in [1.29, 1.82) is 0 Å². The van der Waals surface area contributed by atoms with Gasteiger partial charge in [-0.2, -0.15) is 5.10 Å². The molecule has 0 saturated carbocycles. The average Bonchev–Trinajstić information content (AvgIpc) is 2.90. The van der Waals surface area contributed by atoms with Crippen LogP contribution in [0.15, 0.2) is 24.3 Å². The van der Waals surface area contributed by atoms with E-state index in [0.29, 0.717) is 17.0 Å². The molecule has 0 spiro atoms. The molecule has 2 aromatic rings. The molecule has 1 N–H and O–H groups in total. The highest BCUT2D eigenvalue weighted by molar-refractivity contribution is 6.30. The summed E-state index contributed by atoms with van der Waals surface area (Å²) in [5.41, 5.74) is 2.80. The highest BCUT2D eigenvalue weighted by atomic mass is 35.5. The van der Waals surface area contributed by atoms with Crippen LogP contribution in [0.3, 0.4) is 0 Å². The molecular weight excluding hydrogens is 289 g/mol. The minimum atomic E-state index is -0.263. The SMILES string of the molecule is CCc1cc(C(Cc2ccc(Cl)cc2F)NC)n(CC)n1. The Morgan fingerprint density at radius 2 is 2.10 bits per heavy atom. The van der Waals surface area contributed by atoms with Crippen LogP contribution < -0.4 is 5.32 Å². The van der Waals surface area contributed by atoms with E-state index in [0.717, 1.165) is 24.4 Å². The summed E-state index contributed by atoms with van der Waals surface area (Å²) in [7, 11) is 1.89. The topological polar surface area (TPSA) is 29.9 Å². The third-order valence-electron chi connectivity index (χ3n) is 3.67. The van der Waals surface area contributed by atoms with E-state index in [1.165, 1.54) is 6.07 Å². The van der Waals surface area contributed by atoms with Crippen LogP contribution in [0.25, 0.3) is 0 Å². The maximum atomic E-state index is 14.0. The molecule has 0 aliphatic heterocycles. The van der Waals surface area contributed by atoms with Crippen molar-refractivity contribution in [2.45, 2.75) is 39.3 Å². The molecule has 0 bridgehead atoms. The smallest absolute Gasteiger partial charge is 0.127 e. The van der Waals surface area contributed by atoms with Crippen molar-refractivity contribution in [3.63, 3.8) is 0 Å². The molecular formula is C16H21ClFN3. The summed E-state index contributed by atoms with van der Waals surface area (Å²) in [6.45, 7) is 4.95. The van der Waals surface area contributed by atoms with E-state index in [2.05, 4.69) is 30.3 Å². The Hall–Kier alpha value is -1.39. The molecule has 0 saturated heterocycles. The fraction of sp³-hybridized carbons (Fsp3) is 0.438. The lowest BCUT2D eigenvalue weighted by Gasteiger charge is -2.18. The molecule has 1 atom stereocenters. The zero-order valence-electron chi connectivity index (χ0n) is 12.7. The lowest BCUT2D eigenvalue weighted by Crippen LogP contribution is -2.22. The molecule has 1 heterocycles. The number of benzene rings is 1. The van der Waals surface area contributed by atoms with Gasteiger partial charge in [0.2, 0.25) is 0 Å². The fourth-order valence-corrected chi connectivity index (χ4v) is 2.61. The van der Waals surface area contributed by atoms with Crippen LogP contribution in [0.4, 0.5) is 4.39 Å². The van der Waals surface area contributed by atoms with Gasteiger partial charge in [0.05, 0.1) is 17.4 Å². The number of hydrogen-bond acceptors (Lipinski definition) is 2. The molecule has 0 amide bonds. The molecule has 2 rings (SSSR count). The Morgan fingerprint density at radius 1 is 1.33 bits per heavy atom. The third-order valence-corrected chi connectivity index (χ3v) is 3.90. The number of halogens is 2. The van der Waals surface area contributed by atoms with Gasteiger partial charge >= 0.3 is 0 Å². The van der Waals surface area contributed by atoms with Crippen LogP contribution in [-0.2, 0) is 19.4 Å². The number of hydrogen-bond donors (Lipinski definition) is 1. The molecule has 1 aromatic heterocycles. The van der Waals surface area contributed by atoms with Crippen molar-refractivity contribution in [2.24, 2.45) is 0 Å². The number of aryl methyl sites for hydroxylation is 2. The van der Waals surface area contributed by atoms with Gasteiger partial charge in [-0.15, -0.1) is 0 Å². The summed E-state index contributed by atoms with van der Waals surface area (Å²) >= 11 is 5.80. The lowest BCUT2D eigenvalue weighted by molar-refractivity contribution is 0.500. The van der Waals surface area contributed by atoms with Crippen molar-refractivity contribution in [1.82, 2.24) is 15.1 Å². The number of rotatable bonds is 6. The van der Waals surface area contributed by atoms with Crippen molar-refractivity contribution in [2.75, 3.05) is 7.05 Å². The van der Waals surface area contributed by atoms with E-state index in [-0.39, 0.29) is 11.9 Å². The van der Waals surface area contributed by atoms with Gasteiger partial charge in [-0.3, -0.25) is 4.68 Å². The Morgan fingerprint density at radius 3 is 2.67 bits per heavy atom. The quantitative estimate of drug-likeness (QED) is 0.880. The van der Waals surface area contributed by atoms with Gasteiger partial charge in [0.25, 0.3) is 0 Å². The zero-order chi connectivity index (χ0) is 15.4. The monoisotopic (exact) mass is 309 g/mol. The van der Waals surface area contributed by atoms with E-state index in [9.17, 15) is 4.39 Å². The summed E-state index contributed by atoms with van der Waals surface area (Å²) in [6, 6.07) is 6.95. The normalized spacial score (nSPS) is 12.6. The molecule has 0 aliphatic carbocycles. The second-order valence-corrected chi connectivity index (χ2v) is 5.45. The van der Waals surface area contributed by atoms with Gasteiger partial charge in [-0.25, -0.2) is 4.39 Å². The fourth-order valence-electron chi connectivity index (χ4n) is 2.46. The predicted molar refractivity (Wildman–Crippen MR) is 84.2 cm³/mol. The first-order chi connectivity index (χ1) is 10.1. The highest BCUT2D eigenvalue weighted by Gasteiger charge is 2.18. The molecule has 0 aliphatic rings. The second kappa shape index (κ2) is 7.05. The van der Waals surface area contributed by atoms with E-state index < -0.39 is 0 Å². The van der Waals surface area contributed by atoms with Gasteiger partial charge in [-0.05, 0) is 50.6 Å². The van der Waals surface area contributed by atoms with Crippen LogP contribution in [0.2, 0.25) is 5.02 Å². The molecule has 114 valence electrons. The Bertz CT molecular complexity index is 610. The minimum absolute atomic E-state index is 0.0217. The number of aromatic nitrogens is 2. The van der Waals surface area contributed by atoms with Gasteiger partial charge in [0.1, 0.15) is 5.82 Å². The minimum Gasteiger partial charge on any atom is -0.311 e. The molecule has 3 nitrogen and oxygen atoms in total. The van der Waals surface area contributed by atoms with E-state index in [4.69, 9.17) is 11.6 Å². The van der Waals surface area contributed by atoms with Crippen LogP contribution in [0.5, 0.6) is 0 Å². The molecule has 0 fully saturated rings. The van der Waals surface area contributed by atoms with Crippen LogP contribution in [-0.4, -0.2) is 16.8 Å². The number of likely N-dealkylation sites (N-methyl/N-ethyl adjacent to an activating group) is 1. The Kier molecular flexibility index (Phi) is 5.37. The van der Waals surface area contributed by atoms with Crippen molar-refractivity contribution >= 4 is 11.6 Å².